The quantitative estimate of drug-likeness (QED) is 0.852. The molecule has 16 heavy (non-hydrogen) atoms. The number of hydrogen-bond acceptors (Lipinski definition) is 4. The zero-order chi connectivity index (χ0) is 10.7. The lowest BCUT2D eigenvalue weighted by atomic mass is 10.3. The number of halogens is 2. The molecule has 2 rings (SSSR count). The van der Waals surface area contributed by atoms with Crippen LogP contribution in [-0.2, 0) is 10.8 Å². The van der Waals surface area contributed by atoms with Crippen molar-refractivity contribution in [2.45, 2.75) is 23.9 Å². The van der Waals surface area contributed by atoms with Crippen LogP contribution in [-0.4, -0.2) is 32.5 Å². The molecule has 1 aromatic heterocycles. The fourth-order valence-corrected chi connectivity index (χ4v) is 3.05. The number of rotatable bonds is 3. The summed E-state index contributed by atoms with van der Waals surface area (Å²) in [6, 6.07) is 1.91. The van der Waals surface area contributed by atoms with Crippen LogP contribution in [0.3, 0.4) is 0 Å². The normalized spacial score (nSPS) is 21.4. The molecule has 2 heterocycles. The maximum Gasteiger partial charge on any atom is 0.133 e. The van der Waals surface area contributed by atoms with E-state index in [9.17, 15) is 4.21 Å². The van der Waals surface area contributed by atoms with Gasteiger partial charge in [0.1, 0.15) is 16.5 Å². The third-order valence-electron chi connectivity index (χ3n) is 2.36. The third-order valence-corrected chi connectivity index (χ3v) is 3.96. The van der Waals surface area contributed by atoms with E-state index in [1.54, 1.807) is 6.07 Å². The van der Waals surface area contributed by atoms with Gasteiger partial charge in [-0.3, -0.25) is 4.21 Å². The molecule has 0 saturated carbocycles. The first-order chi connectivity index (χ1) is 7.25. The molecule has 90 valence electrons. The van der Waals surface area contributed by atoms with Crippen LogP contribution in [0.1, 0.15) is 12.8 Å². The summed E-state index contributed by atoms with van der Waals surface area (Å²) in [7, 11) is -1.08. The fourth-order valence-electron chi connectivity index (χ4n) is 1.61. The first kappa shape index (κ1) is 13.8. The van der Waals surface area contributed by atoms with Crippen molar-refractivity contribution < 1.29 is 4.21 Å². The Labute approximate surface area is 108 Å². The summed E-state index contributed by atoms with van der Waals surface area (Å²) in [4.78, 5) is 7.72. The van der Waals surface area contributed by atoms with Gasteiger partial charge < -0.3 is 5.32 Å². The Morgan fingerprint density at radius 2 is 2.38 bits per heavy atom. The summed E-state index contributed by atoms with van der Waals surface area (Å²) >= 11 is 5.70. The molecule has 0 radical (unpaired) electrons. The molecule has 0 spiro atoms. The molecule has 1 aliphatic heterocycles. The van der Waals surface area contributed by atoms with E-state index in [0.717, 1.165) is 19.4 Å². The molecular weight excluding hydrogens is 269 g/mol. The smallest absolute Gasteiger partial charge is 0.133 e. The molecule has 1 aromatic rings. The van der Waals surface area contributed by atoms with E-state index in [0.29, 0.717) is 22.0 Å². The Balaban J connectivity index is 0.00000128. The Bertz CT molecular complexity index is 372. The Morgan fingerprint density at radius 1 is 1.56 bits per heavy atom. The monoisotopic (exact) mass is 281 g/mol. The fraction of sp³-hybridized carbons (Fsp3) is 0.556. The summed E-state index contributed by atoms with van der Waals surface area (Å²) in [6.45, 7) is 1.02. The second-order valence-corrected chi connectivity index (χ2v) is 5.31. The van der Waals surface area contributed by atoms with Gasteiger partial charge >= 0.3 is 0 Å². The van der Waals surface area contributed by atoms with Crippen LogP contribution in [0.4, 0.5) is 0 Å². The summed E-state index contributed by atoms with van der Waals surface area (Å²) in [5.41, 5.74) is 0. The molecule has 2 unspecified atom stereocenters. The first-order valence-corrected chi connectivity index (χ1v) is 6.55. The minimum atomic E-state index is -1.08. The molecular formula is C9H13Cl2N3OS. The summed E-state index contributed by atoms with van der Waals surface area (Å²) in [6.07, 6.45) is 3.59. The Morgan fingerprint density at radius 3 is 3.00 bits per heavy atom. The van der Waals surface area contributed by atoms with E-state index in [1.807, 2.05) is 0 Å². The highest BCUT2D eigenvalue weighted by molar-refractivity contribution is 7.85. The molecule has 1 fully saturated rings. The van der Waals surface area contributed by atoms with Gasteiger partial charge in [0.2, 0.25) is 0 Å². The molecule has 1 aliphatic rings. The number of hydrogen-bond donors (Lipinski definition) is 1. The molecule has 0 aromatic carbocycles. The lowest BCUT2D eigenvalue weighted by molar-refractivity contribution is 0.641. The highest BCUT2D eigenvalue weighted by Crippen LogP contribution is 2.12. The average Bonchev–Trinajstić information content (AvgIpc) is 2.70. The average molecular weight is 282 g/mol. The number of nitrogens with one attached hydrogen (secondary N) is 1. The zero-order valence-corrected chi connectivity index (χ0v) is 10.9. The van der Waals surface area contributed by atoms with Crippen molar-refractivity contribution in [2.75, 3.05) is 12.3 Å². The van der Waals surface area contributed by atoms with Crippen molar-refractivity contribution in [3.63, 3.8) is 0 Å². The van der Waals surface area contributed by atoms with Crippen LogP contribution in [0.15, 0.2) is 17.4 Å². The zero-order valence-electron chi connectivity index (χ0n) is 8.56. The SMILES string of the molecule is Cl.O=S(CC1CCCN1)c1cc(Cl)ncn1. The predicted octanol–water partition coefficient (Wildman–Crippen LogP) is 1.41. The van der Waals surface area contributed by atoms with Crippen LogP contribution in [0, 0.1) is 0 Å². The summed E-state index contributed by atoms with van der Waals surface area (Å²) < 4.78 is 11.9. The van der Waals surface area contributed by atoms with Crippen LogP contribution in [0.25, 0.3) is 0 Å². The Hall–Kier alpha value is -0.230. The molecule has 0 aliphatic carbocycles. The van der Waals surface area contributed by atoms with Crippen LogP contribution >= 0.6 is 24.0 Å². The number of nitrogens with zero attached hydrogens (tertiary/aromatic N) is 2. The topological polar surface area (TPSA) is 54.9 Å². The van der Waals surface area contributed by atoms with Gasteiger partial charge in [-0.25, -0.2) is 9.97 Å². The molecule has 1 N–H and O–H groups in total. The van der Waals surface area contributed by atoms with Crippen molar-refractivity contribution in [1.29, 1.82) is 0 Å². The second kappa shape index (κ2) is 6.49. The van der Waals surface area contributed by atoms with Crippen molar-refractivity contribution >= 4 is 34.8 Å². The van der Waals surface area contributed by atoms with E-state index >= 15 is 0 Å². The van der Waals surface area contributed by atoms with E-state index in [-0.39, 0.29) is 12.4 Å². The molecule has 1 saturated heterocycles. The minimum Gasteiger partial charge on any atom is -0.313 e. The predicted molar refractivity (Wildman–Crippen MR) is 66.6 cm³/mol. The highest BCUT2D eigenvalue weighted by atomic mass is 35.5. The van der Waals surface area contributed by atoms with Gasteiger partial charge in [0, 0.05) is 17.9 Å². The molecule has 0 bridgehead atoms. The van der Waals surface area contributed by atoms with Crippen LogP contribution in [0.2, 0.25) is 5.15 Å². The van der Waals surface area contributed by atoms with E-state index in [2.05, 4.69) is 15.3 Å². The van der Waals surface area contributed by atoms with Gasteiger partial charge in [0.05, 0.1) is 10.8 Å². The van der Waals surface area contributed by atoms with Gasteiger partial charge in [0.25, 0.3) is 0 Å². The van der Waals surface area contributed by atoms with Crippen molar-refractivity contribution in [3.05, 3.63) is 17.5 Å². The first-order valence-electron chi connectivity index (χ1n) is 4.85. The van der Waals surface area contributed by atoms with Crippen molar-refractivity contribution in [2.24, 2.45) is 0 Å². The van der Waals surface area contributed by atoms with E-state index < -0.39 is 10.8 Å². The third kappa shape index (κ3) is 3.66. The second-order valence-electron chi connectivity index (χ2n) is 3.48. The Kier molecular flexibility index (Phi) is 5.61. The van der Waals surface area contributed by atoms with Gasteiger partial charge in [0.15, 0.2) is 0 Å². The van der Waals surface area contributed by atoms with Gasteiger partial charge in [-0.15, -0.1) is 12.4 Å². The van der Waals surface area contributed by atoms with Gasteiger partial charge in [-0.1, -0.05) is 11.6 Å². The lowest BCUT2D eigenvalue weighted by Crippen LogP contribution is -2.27. The molecule has 0 amide bonds. The molecule has 7 heteroatoms. The van der Waals surface area contributed by atoms with Gasteiger partial charge in [-0.05, 0) is 19.4 Å². The standard InChI is InChI=1S/C9H12ClN3OS.ClH/c10-8-4-9(13-6-12-8)15(14)5-7-2-1-3-11-7;/h4,6-7,11H,1-3,5H2;1H. The van der Waals surface area contributed by atoms with Crippen LogP contribution < -0.4 is 5.32 Å². The molecule has 2 atom stereocenters. The number of aromatic nitrogens is 2. The lowest BCUT2D eigenvalue weighted by Gasteiger charge is -2.08. The largest absolute Gasteiger partial charge is 0.313 e. The maximum atomic E-state index is 11.9. The van der Waals surface area contributed by atoms with Gasteiger partial charge in [-0.2, -0.15) is 0 Å². The van der Waals surface area contributed by atoms with Crippen molar-refractivity contribution in [3.8, 4) is 0 Å². The minimum absolute atomic E-state index is 0. The van der Waals surface area contributed by atoms with E-state index in [1.165, 1.54) is 6.33 Å². The molecule has 4 nitrogen and oxygen atoms in total. The van der Waals surface area contributed by atoms with Crippen molar-refractivity contribution in [1.82, 2.24) is 15.3 Å². The highest BCUT2D eigenvalue weighted by Gasteiger charge is 2.18. The maximum absolute atomic E-state index is 11.9. The van der Waals surface area contributed by atoms with E-state index in [4.69, 9.17) is 11.6 Å². The summed E-state index contributed by atoms with van der Waals surface area (Å²) in [5.74, 6) is 0.605. The van der Waals surface area contributed by atoms with Crippen LogP contribution in [0.5, 0.6) is 0 Å². The summed E-state index contributed by atoms with van der Waals surface area (Å²) in [5, 5.41) is 4.16.